The molecule has 0 saturated carbocycles. The van der Waals surface area contributed by atoms with E-state index in [9.17, 15) is 9.18 Å². The van der Waals surface area contributed by atoms with Crippen molar-refractivity contribution in [2.75, 3.05) is 26.5 Å². The van der Waals surface area contributed by atoms with Crippen LogP contribution in [0.25, 0.3) is 0 Å². The third kappa shape index (κ3) is 6.66. The Morgan fingerprint density at radius 1 is 1.15 bits per heavy atom. The molecule has 0 bridgehead atoms. The van der Waals surface area contributed by atoms with E-state index in [-0.39, 0.29) is 17.0 Å². The van der Waals surface area contributed by atoms with Crippen LogP contribution >= 0.6 is 23.5 Å². The van der Waals surface area contributed by atoms with Crippen molar-refractivity contribution >= 4 is 29.4 Å². The number of thioether (sulfide) groups is 2. The Kier molecular flexibility index (Phi) is 8.81. The van der Waals surface area contributed by atoms with Gasteiger partial charge in [-0.1, -0.05) is 18.2 Å². The smallest absolute Gasteiger partial charge is 0.233 e. The third-order valence-electron chi connectivity index (χ3n) is 3.80. The number of rotatable bonds is 10. The van der Waals surface area contributed by atoms with Crippen molar-refractivity contribution in [3.63, 3.8) is 0 Å². The molecule has 0 aliphatic rings. The molecule has 7 heteroatoms. The minimum atomic E-state index is -0.236. The molecule has 0 heterocycles. The largest absolute Gasteiger partial charge is 0.493 e. The number of carbonyl (C=O) groups is 1. The van der Waals surface area contributed by atoms with Gasteiger partial charge in [0, 0.05) is 22.9 Å². The summed E-state index contributed by atoms with van der Waals surface area (Å²) < 4.78 is 24.0. The first-order valence-corrected chi connectivity index (χ1v) is 10.6. The number of ether oxygens (including phenoxy) is 2. The Hall–Kier alpha value is -1.86. The van der Waals surface area contributed by atoms with Crippen molar-refractivity contribution in [2.24, 2.45) is 0 Å². The van der Waals surface area contributed by atoms with E-state index in [0.29, 0.717) is 29.4 Å². The van der Waals surface area contributed by atoms with Gasteiger partial charge >= 0.3 is 0 Å². The van der Waals surface area contributed by atoms with Crippen molar-refractivity contribution in [3.05, 3.63) is 53.8 Å². The fraction of sp³-hybridized carbons (Fsp3) is 0.350. The Morgan fingerprint density at radius 3 is 2.59 bits per heavy atom. The molecule has 146 valence electrons. The molecule has 0 unspecified atom stereocenters. The Labute approximate surface area is 168 Å². The highest BCUT2D eigenvalue weighted by molar-refractivity contribution is 8.00. The number of benzene rings is 2. The van der Waals surface area contributed by atoms with Gasteiger partial charge in [0.05, 0.1) is 19.5 Å². The van der Waals surface area contributed by atoms with Crippen molar-refractivity contribution in [1.82, 2.24) is 5.32 Å². The summed E-state index contributed by atoms with van der Waals surface area (Å²) in [6.45, 7) is 2.41. The maximum Gasteiger partial charge on any atom is 0.233 e. The van der Waals surface area contributed by atoms with E-state index in [1.165, 1.54) is 17.8 Å². The fourth-order valence-electron chi connectivity index (χ4n) is 2.34. The molecular formula is C20H24FNO3S2. The SMILES string of the molecule is COc1ccc(S[C@@H](C)C(=O)NCCSCc2ccccc2F)cc1OC. The minimum Gasteiger partial charge on any atom is -0.493 e. The number of nitrogens with one attached hydrogen (secondary N) is 1. The van der Waals surface area contributed by atoms with E-state index in [4.69, 9.17) is 9.47 Å². The third-order valence-corrected chi connectivity index (χ3v) is 5.90. The van der Waals surface area contributed by atoms with Crippen LogP contribution in [-0.2, 0) is 10.5 Å². The van der Waals surface area contributed by atoms with E-state index >= 15 is 0 Å². The maximum absolute atomic E-state index is 13.5. The van der Waals surface area contributed by atoms with Gasteiger partial charge in [0.15, 0.2) is 11.5 Å². The first-order valence-electron chi connectivity index (χ1n) is 8.52. The Balaban J connectivity index is 1.73. The van der Waals surface area contributed by atoms with Gasteiger partial charge in [-0.05, 0) is 36.8 Å². The molecule has 27 heavy (non-hydrogen) atoms. The molecule has 0 saturated heterocycles. The Morgan fingerprint density at radius 2 is 1.89 bits per heavy atom. The summed E-state index contributed by atoms with van der Waals surface area (Å²) >= 11 is 3.05. The molecule has 0 aliphatic carbocycles. The zero-order chi connectivity index (χ0) is 19.6. The van der Waals surface area contributed by atoms with Crippen LogP contribution in [0.1, 0.15) is 12.5 Å². The van der Waals surface area contributed by atoms with Gasteiger partial charge in [0.2, 0.25) is 5.91 Å². The standard InChI is InChI=1S/C20H24FNO3S2/c1-14(27-16-8-9-18(24-2)19(12-16)25-3)20(23)22-10-11-26-13-15-6-4-5-7-17(15)21/h4-9,12,14H,10-11,13H2,1-3H3,(H,22,23)/t14-/m0/s1. The second kappa shape index (κ2) is 11.1. The first kappa shape index (κ1) is 21.4. The lowest BCUT2D eigenvalue weighted by atomic mass is 10.2. The van der Waals surface area contributed by atoms with Crippen molar-refractivity contribution in [2.45, 2.75) is 22.8 Å². The van der Waals surface area contributed by atoms with E-state index < -0.39 is 0 Å². The fourth-order valence-corrected chi connectivity index (χ4v) is 4.10. The monoisotopic (exact) mass is 409 g/mol. The molecule has 2 aromatic rings. The van der Waals surface area contributed by atoms with Gasteiger partial charge in [0.25, 0.3) is 0 Å². The summed E-state index contributed by atoms with van der Waals surface area (Å²) in [5.74, 6) is 2.41. The van der Waals surface area contributed by atoms with Crippen LogP contribution in [0.4, 0.5) is 4.39 Å². The van der Waals surface area contributed by atoms with Crippen molar-refractivity contribution in [3.8, 4) is 11.5 Å². The molecule has 0 spiro atoms. The average Bonchev–Trinajstić information content (AvgIpc) is 2.68. The van der Waals surface area contributed by atoms with Gasteiger partial charge in [-0.15, -0.1) is 11.8 Å². The lowest BCUT2D eigenvalue weighted by Crippen LogP contribution is -2.32. The van der Waals surface area contributed by atoms with Gasteiger partial charge in [-0.25, -0.2) is 4.39 Å². The normalized spacial score (nSPS) is 11.7. The van der Waals surface area contributed by atoms with Gasteiger partial charge < -0.3 is 14.8 Å². The topological polar surface area (TPSA) is 47.6 Å². The van der Waals surface area contributed by atoms with E-state index in [1.54, 1.807) is 38.1 Å². The summed E-state index contributed by atoms with van der Waals surface area (Å²) in [4.78, 5) is 13.2. The highest BCUT2D eigenvalue weighted by Crippen LogP contribution is 2.33. The molecule has 1 N–H and O–H groups in total. The molecular weight excluding hydrogens is 385 g/mol. The zero-order valence-electron chi connectivity index (χ0n) is 15.7. The van der Waals surface area contributed by atoms with Crippen LogP contribution in [-0.4, -0.2) is 37.7 Å². The number of methoxy groups -OCH3 is 2. The molecule has 4 nitrogen and oxygen atoms in total. The lowest BCUT2D eigenvalue weighted by Gasteiger charge is -2.14. The number of hydrogen-bond donors (Lipinski definition) is 1. The predicted molar refractivity (Wildman–Crippen MR) is 110 cm³/mol. The summed E-state index contributed by atoms with van der Waals surface area (Å²) in [5, 5.41) is 2.69. The van der Waals surface area contributed by atoms with Gasteiger partial charge in [-0.2, -0.15) is 11.8 Å². The molecule has 0 radical (unpaired) electrons. The molecule has 0 aromatic heterocycles. The van der Waals surface area contributed by atoms with E-state index in [2.05, 4.69) is 5.32 Å². The molecule has 0 fully saturated rings. The molecule has 2 rings (SSSR count). The molecule has 2 aromatic carbocycles. The number of hydrogen-bond acceptors (Lipinski definition) is 5. The number of amides is 1. The van der Waals surface area contributed by atoms with Crippen LogP contribution < -0.4 is 14.8 Å². The van der Waals surface area contributed by atoms with Crippen LogP contribution in [0.5, 0.6) is 11.5 Å². The van der Waals surface area contributed by atoms with Crippen molar-refractivity contribution < 1.29 is 18.7 Å². The van der Waals surface area contributed by atoms with Crippen LogP contribution in [0, 0.1) is 5.82 Å². The first-order chi connectivity index (χ1) is 13.0. The summed E-state index contributed by atoms with van der Waals surface area (Å²) in [7, 11) is 3.17. The molecule has 1 atom stereocenters. The summed E-state index contributed by atoms with van der Waals surface area (Å²) in [5.41, 5.74) is 0.686. The Bertz CT molecular complexity index is 758. The van der Waals surface area contributed by atoms with E-state index in [0.717, 1.165) is 10.6 Å². The van der Waals surface area contributed by atoms with Crippen LogP contribution in [0.2, 0.25) is 0 Å². The summed E-state index contributed by atoms with van der Waals surface area (Å²) in [6.07, 6.45) is 0. The van der Waals surface area contributed by atoms with Crippen LogP contribution in [0.15, 0.2) is 47.4 Å². The van der Waals surface area contributed by atoms with Crippen LogP contribution in [0.3, 0.4) is 0 Å². The maximum atomic E-state index is 13.5. The highest BCUT2D eigenvalue weighted by atomic mass is 32.2. The molecule has 0 aliphatic heterocycles. The number of halogens is 1. The minimum absolute atomic E-state index is 0.0266. The van der Waals surface area contributed by atoms with Gasteiger partial charge in [0.1, 0.15) is 5.82 Å². The highest BCUT2D eigenvalue weighted by Gasteiger charge is 2.15. The van der Waals surface area contributed by atoms with Gasteiger partial charge in [-0.3, -0.25) is 4.79 Å². The quantitative estimate of drug-likeness (QED) is 0.466. The summed E-state index contributed by atoms with van der Waals surface area (Å²) in [6, 6.07) is 12.3. The van der Waals surface area contributed by atoms with E-state index in [1.807, 2.05) is 31.2 Å². The predicted octanol–water partition coefficient (Wildman–Crippen LogP) is 4.37. The zero-order valence-corrected chi connectivity index (χ0v) is 17.3. The number of carbonyl (C=O) groups excluding carboxylic acids is 1. The average molecular weight is 410 g/mol. The lowest BCUT2D eigenvalue weighted by molar-refractivity contribution is -0.120. The van der Waals surface area contributed by atoms with Crippen molar-refractivity contribution in [1.29, 1.82) is 0 Å². The molecule has 1 amide bonds. The second-order valence-corrected chi connectivity index (χ2v) is 8.23. The second-order valence-electron chi connectivity index (χ2n) is 5.71.